The van der Waals surface area contributed by atoms with Crippen LogP contribution in [0.2, 0.25) is 0 Å². The number of hydrogen-bond donors (Lipinski definition) is 0. The lowest BCUT2D eigenvalue weighted by atomic mass is 10.0. The van der Waals surface area contributed by atoms with Crippen molar-refractivity contribution in [3.63, 3.8) is 0 Å². The van der Waals surface area contributed by atoms with Crippen molar-refractivity contribution in [2.45, 2.75) is 26.7 Å². The predicted octanol–water partition coefficient (Wildman–Crippen LogP) is 3.25. The lowest BCUT2D eigenvalue weighted by Crippen LogP contribution is -2.36. The van der Waals surface area contributed by atoms with Gasteiger partial charge in [0, 0.05) is 13.1 Å². The maximum absolute atomic E-state index is 5.85. The van der Waals surface area contributed by atoms with Crippen LogP contribution in [0, 0.1) is 18.8 Å². The summed E-state index contributed by atoms with van der Waals surface area (Å²) < 4.78 is 11.2. The molecule has 3 nitrogen and oxygen atoms in total. The Morgan fingerprint density at radius 1 is 1.23 bits per heavy atom. The highest BCUT2D eigenvalue weighted by Gasteiger charge is 2.08. The van der Waals surface area contributed by atoms with E-state index in [1.807, 2.05) is 0 Å². The zero-order chi connectivity index (χ0) is 15.1. The van der Waals surface area contributed by atoms with Crippen molar-refractivity contribution in [2.75, 3.05) is 39.5 Å². The fraction of sp³-hybridized carbons (Fsp3) is 0.556. The summed E-state index contributed by atoms with van der Waals surface area (Å²) in [7, 11) is 0. The van der Waals surface area contributed by atoms with Crippen LogP contribution in [-0.2, 0) is 4.74 Å². The minimum absolute atomic E-state index is 0. The number of benzene rings is 1. The minimum Gasteiger partial charge on any atom is -0.481 e. The summed E-state index contributed by atoms with van der Waals surface area (Å²) in [5, 5.41) is 0. The van der Waals surface area contributed by atoms with E-state index in [1.165, 1.54) is 11.1 Å². The molecular formula is C18H26ClNO2. The largest absolute Gasteiger partial charge is 0.481 e. The van der Waals surface area contributed by atoms with E-state index < -0.39 is 0 Å². The summed E-state index contributed by atoms with van der Waals surface area (Å²) in [6, 6.07) is 6.38. The van der Waals surface area contributed by atoms with E-state index in [1.54, 1.807) is 0 Å². The highest BCUT2D eigenvalue weighted by atomic mass is 35.5. The van der Waals surface area contributed by atoms with E-state index in [9.17, 15) is 0 Å². The normalized spacial score (nSPS) is 14.9. The fourth-order valence-corrected chi connectivity index (χ4v) is 2.34. The van der Waals surface area contributed by atoms with Gasteiger partial charge in [-0.3, -0.25) is 4.90 Å². The lowest BCUT2D eigenvalue weighted by molar-refractivity contribution is 0.0443. The average Bonchev–Trinajstić information content (AvgIpc) is 2.48. The van der Waals surface area contributed by atoms with Gasteiger partial charge >= 0.3 is 0 Å². The van der Waals surface area contributed by atoms with Crippen LogP contribution in [0.5, 0.6) is 5.75 Å². The number of aryl methyl sites for hydroxylation is 1. The molecule has 0 saturated carbocycles. The molecule has 0 spiro atoms. The molecular weight excluding hydrogens is 298 g/mol. The molecule has 0 bridgehead atoms. The third kappa shape index (κ3) is 5.88. The monoisotopic (exact) mass is 323 g/mol. The van der Waals surface area contributed by atoms with E-state index in [0.717, 1.165) is 38.6 Å². The van der Waals surface area contributed by atoms with Gasteiger partial charge in [-0.1, -0.05) is 37.8 Å². The number of hydrogen-bond acceptors (Lipinski definition) is 3. The van der Waals surface area contributed by atoms with Gasteiger partial charge in [-0.25, -0.2) is 0 Å². The highest BCUT2D eigenvalue weighted by Crippen LogP contribution is 2.27. The predicted molar refractivity (Wildman–Crippen MR) is 93.0 cm³/mol. The van der Waals surface area contributed by atoms with E-state index in [2.05, 4.69) is 55.7 Å². The van der Waals surface area contributed by atoms with Gasteiger partial charge in [0.2, 0.25) is 0 Å². The van der Waals surface area contributed by atoms with Crippen molar-refractivity contribution in [3.8, 4) is 17.6 Å². The molecule has 1 heterocycles. The molecule has 0 unspecified atom stereocenters. The van der Waals surface area contributed by atoms with E-state index in [-0.39, 0.29) is 12.4 Å². The van der Waals surface area contributed by atoms with Crippen molar-refractivity contribution in [1.29, 1.82) is 0 Å². The molecule has 0 aliphatic carbocycles. The molecule has 4 heteroatoms. The molecule has 0 amide bonds. The number of halogens is 1. The molecule has 1 fully saturated rings. The Balaban J connectivity index is 0.00000242. The Morgan fingerprint density at radius 2 is 1.95 bits per heavy atom. The number of ether oxygens (including phenoxy) is 2. The SMILES string of the molecule is Cc1ccc(C(C)C)c(OCC#CCN2CCOCC2)c1.Cl. The fourth-order valence-electron chi connectivity index (χ4n) is 2.34. The van der Waals surface area contributed by atoms with Crippen LogP contribution in [0.25, 0.3) is 0 Å². The van der Waals surface area contributed by atoms with Gasteiger partial charge in [0.1, 0.15) is 12.4 Å². The van der Waals surface area contributed by atoms with Crippen LogP contribution in [0.1, 0.15) is 30.9 Å². The number of nitrogens with zero attached hydrogens (tertiary/aromatic N) is 1. The molecule has 1 aromatic rings. The molecule has 122 valence electrons. The van der Waals surface area contributed by atoms with E-state index in [4.69, 9.17) is 9.47 Å². The van der Waals surface area contributed by atoms with Gasteiger partial charge in [-0.2, -0.15) is 0 Å². The van der Waals surface area contributed by atoms with Gasteiger partial charge in [0.05, 0.1) is 19.8 Å². The Labute approximate surface area is 140 Å². The molecule has 1 aromatic carbocycles. The summed E-state index contributed by atoms with van der Waals surface area (Å²) in [5.41, 5.74) is 2.46. The number of morpholine rings is 1. The number of rotatable bonds is 4. The topological polar surface area (TPSA) is 21.7 Å². The third-order valence-corrected chi connectivity index (χ3v) is 3.62. The highest BCUT2D eigenvalue weighted by molar-refractivity contribution is 5.85. The van der Waals surface area contributed by atoms with Gasteiger partial charge in [-0.15, -0.1) is 12.4 Å². The van der Waals surface area contributed by atoms with Gasteiger partial charge in [-0.05, 0) is 30.0 Å². The quantitative estimate of drug-likeness (QED) is 0.794. The molecule has 22 heavy (non-hydrogen) atoms. The second-order valence-electron chi connectivity index (χ2n) is 5.73. The first-order chi connectivity index (χ1) is 10.2. The van der Waals surface area contributed by atoms with Gasteiger partial charge < -0.3 is 9.47 Å². The zero-order valence-corrected chi connectivity index (χ0v) is 14.5. The Hall–Kier alpha value is -1.21. The second-order valence-corrected chi connectivity index (χ2v) is 5.73. The van der Waals surface area contributed by atoms with Crippen LogP contribution in [0.15, 0.2) is 18.2 Å². The van der Waals surface area contributed by atoms with Gasteiger partial charge in [0.25, 0.3) is 0 Å². The summed E-state index contributed by atoms with van der Waals surface area (Å²) in [5.74, 6) is 7.72. The summed E-state index contributed by atoms with van der Waals surface area (Å²) in [6.45, 7) is 11.3. The van der Waals surface area contributed by atoms with Crippen molar-refractivity contribution in [2.24, 2.45) is 0 Å². The summed E-state index contributed by atoms with van der Waals surface area (Å²) in [6.07, 6.45) is 0. The van der Waals surface area contributed by atoms with Crippen LogP contribution < -0.4 is 4.74 Å². The lowest BCUT2D eigenvalue weighted by Gasteiger charge is -2.24. The average molecular weight is 324 g/mol. The molecule has 0 radical (unpaired) electrons. The first kappa shape index (κ1) is 18.8. The molecule has 1 aliphatic heterocycles. The van der Waals surface area contributed by atoms with E-state index >= 15 is 0 Å². The Kier molecular flexibility index (Phi) is 8.34. The van der Waals surface area contributed by atoms with Crippen LogP contribution in [-0.4, -0.2) is 44.4 Å². The first-order valence-electron chi connectivity index (χ1n) is 7.66. The Bertz CT molecular complexity index is 514. The van der Waals surface area contributed by atoms with Crippen molar-refractivity contribution < 1.29 is 9.47 Å². The molecule has 1 aliphatic rings. The van der Waals surface area contributed by atoms with E-state index in [0.29, 0.717) is 12.5 Å². The first-order valence-corrected chi connectivity index (χ1v) is 7.66. The maximum Gasteiger partial charge on any atom is 0.149 e. The summed E-state index contributed by atoms with van der Waals surface area (Å²) in [4.78, 5) is 2.31. The molecule has 0 atom stereocenters. The Morgan fingerprint density at radius 3 is 2.64 bits per heavy atom. The van der Waals surface area contributed by atoms with Crippen LogP contribution in [0.4, 0.5) is 0 Å². The molecule has 1 saturated heterocycles. The summed E-state index contributed by atoms with van der Waals surface area (Å²) >= 11 is 0. The molecule has 2 rings (SSSR count). The van der Waals surface area contributed by atoms with Crippen molar-refractivity contribution in [3.05, 3.63) is 29.3 Å². The standard InChI is InChI=1S/C18H25NO2.ClH/c1-15(2)17-7-6-16(3)14-18(17)21-11-5-4-8-19-9-12-20-13-10-19;/h6-7,14-15H,8-13H2,1-3H3;1H. The van der Waals surface area contributed by atoms with Gasteiger partial charge in [0.15, 0.2) is 0 Å². The van der Waals surface area contributed by atoms with Crippen LogP contribution in [0.3, 0.4) is 0 Å². The maximum atomic E-state index is 5.85. The zero-order valence-electron chi connectivity index (χ0n) is 13.7. The molecule has 0 N–H and O–H groups in total. The van der Waals surface area contributed by atoms with Crippen LogP contribution >= 0.6 is 12.4 Å². The smallest absolute Gasteiger partial charge is 0.149 e. The third-order valence-electron chi connectivity index (χ3n) is 3.62. The second kappa shape index (κ2) is 9.74. The van der Waals surface area contributed by atoms with Crippen molar-refractivity contribution >= 4 is 12.4 Å². The molecule has 0 aromatic heterocycles. The minimum atomic E-state index is 0. The van der Waals surface area contributed by atoms with Crippen molar-refractivity contribution in [1.82, 2.24) is 4.90 Å².